The Hall–Kier alpha value is -0.742. The van der Waals surface area contributed by atoms with Crippen LogP contribution in [-0.2, 0) is 3.74 Å². The zero-order valence-corrected chi connectivity index (χ0v) is 10.1. The van der Waals surface area contributed by atoms with Gasteiger partial charge in [0.2, 0.25) is 0 Å². The van der Waals surface area contributed by atoms with E-state index in [1.165, 1.54) is 24.3 Å². The monoisotopic (exact) mass is 276 g/mol. The maximum atomic E-state index is 10.9. The van der Waals surface area contributed by atoms with Gasteiger partial charge < -0.3 is 0 Å². The molecule has 0 spiro atoms. The van der Waals surface area contributed by atoms with E-state index in [1.807, 2.05) is 0 Å². The number of benzene rings is 1. The average Bonchev–Trinajstić information content (AvgIpc) is 2.14. The summed E-state index contributed by atoms with van der Waals surface area (Å²) in [7, 11) is 0. The van der Waals surface area contributed by atoms with Crippen LogP contribution in [0.15, 0.2) is 24.3 Å². The summed E-state index contributed by atoms with van der Waals surface area (Å²) in [5.41, 5.74) is 0. The molecule has 0 saturated heterocycles. The van der Waals surface area contributed by atoms with Crippen LogP contribution >= 0.6 is 0 Å². The van der Waals surface area contributed by atoms with Crippen molar-refractivity contribution in [3.8, 4) is 5.75 Å². The van der Waals surface area contributed by atoms with E-state index in [2.05, 4.69) is 0 Å². The van der Waals surface area contributed by atoms with Gasteiger partial charge in [-0.15, -0.1) is 0 Å². The molecule has 0 fully saturated rings. The van der Waals surface area contributed by atoms with Gasteiger partial charge in [-0.2, -0.15) is 0 Å². The molecule has 0 aliphatic carbocycles. The molecule has 0 aromatic heterocycles. The number of aliphatic hydroxyl groups is 1. The molecule has 1 aromatic rings. The van der Waals surface area contributed by atoms with Crippen molar-refractivity contribution in [3.05, 3.63) is 24.3 Å². The molecule has 0 radical (unpaired) electrons. The molecule has 1 aromatic carbocycles. The maximum absolute atomic E-state index is 10.9. The molecule has 1 rings (SSSR count). The van der Waals surface area contributed by atoms with Crippen molar-refractivity contribution < 1.29 is 21.8 Å². The minimum atomic E-state index is -4.78. The van der Waals surface area contributed by atoms with E-state index in [0.29, 0.717) is 5.75 Å². The minimum absolute atomic E-state index is 0.0116. The molecule has 6 heteroatoms. The van der Waals surface area contributed by atoms with Crippen molar-refractivity contribution in [2.45, 2.75) is 13.0 Å². The predicted molar refractivity (Wildman–Crippen MR) is 54.1 cm³/mol. The van der Waals surface area contributed by atoms with Crippen LogP contribution in [0.3, 0.4) is 0 Å². The van der Waals surface area contributed by atoms with Crippen molar-refractivity contribution >= 4 is 18.5 Å². The summed E-state index contributed by atoms with van der Waals surface area (Å²) >= 11 is -4.78. The van der Waals surface area contributed by atoms with Crippen LogP contribution in [0.5, 0.6) is 5.75 Å². The molecule has 0 bridgehead atoms. The molecular formula is C9H13AsO5. The SMILES string of the molecule is CC(O)COc1ccc([As](=O)(O)O)cc1. The van der Waals surface area contributed by atoms with Crippen molar-refractivity contribution in [1.29, 1.82) is 0 Å². The fourth-order valence-electron chi connectivity index (χ4n) is 0.953. The second-order valence-corrected chi connectivity index (χ2v) is 6.56. The molecular weight excluding hydrogens is 263 g/mol. The summed E-state index contributed by atoms with van der Waals surface area (Å²) in [5.74, 6) is 0.476. The summed E-state index contributed by atoms with van der Waals surface area (Å²) < 4.78 is 33.8. The fraction of sp³-hybridized carbons (Fsp3) is 0.333. The zero-order chi connectivity index (χ0) is 11.5. The van der Waals surface area contributed by atoms with Crippen LogP contribution < -0.4 is 9.09 Å². The van der Waals surface area contributed by atoms with Crippen LogP contribution in [0.2, 0.25) is 0 Å². The van der Waals surface area contributed by atoms with E-state index in [4.69, 9.17) is 18.0 Å². The fourth-order valence-corrected chi connectivity index (χ4v) is 2.08. The number of ether oxygens (including phenoxy) is 1. The van der Waals surface area contributed by atoms with E-state index >= 15 is 0 Å². The van der Waals surface area contributed by atoms with E-state index in [9.17, 15) is 3.74 Å². The first-order chi connectivity index (χ1) is 6.89. The first-order valence-electron chi connectivity index (χ1n) is 4.36. The number of hydrogen-bond donors (Lipinski definition) is 3. The average molecular weight is 276 g/mol. The van der Waals surface area contributed by atoms with Crippen LogP contribution in [0.25, 0.3) is 0 Å². The molecule has 5 nitrogen and oxygen atoms in total. The first-order valence-corrected chi connectivity index (χ1v) is 7.75. The third-order valence-corrected chi connectivity index (χ3v) is 3.70. The molecule has 1 atom stereocenters. The molecule has 15 heavy (non-hydrogen) atoms. The van der Waals surface area contributed by atoms with Gasteiger partial charge in [-0.1, -0.05) is 0 Å². The Morgan fingerprint density at radius 2 is 1.87 bits per heavy atom. The molecule has 84 valence electrons. The van der Waals surface area contributed by atoms with Crippen molar-refractivity contribution in [1.82, 2.24) is 0 Å². The Kier molecular flexibility index (Phi) is 3.99. The summed E-state index contributed by atoms with van der Waals surface area (Å²) in [5, 5.41) is 8.95. The van der Waals surface area contributed by atoms with Gasteiger partial charge in [-0.25, -0.2) is 0 Å². The molecule has 3 N–H and O–H groups in total. The molecule has 0 saturated carbocycles. The summed E-state index contributed by atoms with van der Waals surface area (Å²) in [6, 6.07) is 5.60. The third-order valence-electron chi connectivity index (χ3n) is 1.66. The summed E-state index contributed by atoms with van der Waals surface area (Å²) in [6.07, 6.45) is -0.574. The van der Waals surface area contributed by atoms with E-state index in [1.54, 1.807) is 6.92 Å². The second kappa shape index (κ2) is 4.85. The first kappa shape index (κ1) is 12.3. The Morgan fingerprint density at radius 3 is 2.27 bits per heavy atom. The molecule has 0 aliphatic rings. The number of aliphatic hydroxyl groups excluding tert-OH is 1. The Bertz CT molecular complexity index is 353. The van der Waals surface area contributed by atoms with Crippen LogP contribution in [0.1, 0.15) is 6.92 Å². The quantitative estimate of drug-likeness (QED) is 0.614. The predicted octanol–water partition coefficient (Wildman–Crippen LogP) is -0.993. The van der Waals surface area contributed by atoms with Gasteiger partial charge in [0.1, 0.15) is 0 Å². The van der Waals surface area contributed by atoms with E-state index < -0.39 is 20.3 Å². The number of hydrogen-bond acceptors (Lipinski definition) is 3. The van der Waals surface area contributed by atoms with Gasteiger partial charge >= 0.3 is 89.9 Å². The molecule has 0 amide bonds. The van der Waals surface area contributed by atoms with Crippen molar-refractivity contribution in [2.75, 3.05) is 6.61 Å². The second-order valence-electron chi connectivity index (χ2n) is 3.20. The van der Waals surface area contributed by atoms with Crippen molar-refractivity contribution in [3.63, 3.8) is 0 Å². The van der Waals surface area contributed by atoms with Crippen LogP contribution in [-0.4, -0.2) is 40.2 Å². The molecule has 0 aliphatic heterocycles. The van der Waals surface area contributed by atoms with Crippen molar-refractivity contribution in [2.24, 2.45) is 0 Å². The normalized spacial score (nSPS) is 13.6. The standard InChI is InChI=1S/C9H13AsO5/c1-7(11)6-15-9-4-2-8(3-5-9)10(12,13)14/h2-5,7,11H,6H2,1H3,(H2,12,13,14). The van der Waals surface area contributed by atoms with E-state index in [0.717, 1.165) is 0 Å². The third kappa shape index (κ3) is 4.09. The van der Waals surface area contributed by atoms with E-state index in [-0.39, 0.29) is 11.0 Å². The molecule has 0 heterocycles. The topological polar surface area (TPSA) is 87.0 Å². The van der Waals surface area contributed by atoms with Crippen LogP contribution in [0, 0.1) is 0 Å². The van der Waals surface area contributed by atoms with Crippen LogP contribution in [0.4, 0.5) is 0 Å². The Balaban J connectivity index is 2.69. The summed E-state index contributed by atoms with van der Waals surface area (Å²) in [4.78, 5) is 0. The zero-order valence-electron chi connectivity index (χ0n) is 8.20. The van der Waals surface area contributed by atoms with Gasteiger partial charge in [0.15, 0.2) is 0 Å². The van der Waals surface area contributed by atoms with Gasteiger partial charge in [-0.05, 0) is 0 Å². The van der Waals surface area contributed by atoms with Gasteiger partial charge in [0, 0.05) is 0 Å². The van der Waals surface area contributed by atoms with Gasteiger partial charge in [-0.3, -0.25) is 0 Å². The number of rotatable bonds is 4. The Morgan fingerprint density at radius 1 is 1.33 bits per heavy atom. The molecule has 1 unspecified atom stereocenters. The summed E-state index contributed by atoms with van der Waals surface area (Å²) in [6.45, 7) is 1.74. The van der Waals surface area contributed by atoms with Gasteiger partial charge in [0.05, 0.1) is 0 Å². The van der Waals surface area contributed by atoms with Gasteiger partial charge in [0.25, 0.3) is 0 Å². The Labute approximate surface area is 90.3 Å².